The number of amides is 2. The fourth-order valence-corrected chi connectivity index (χ4v) is 2.90. The zero-order chi connectivity index (χ0) is 19.6. The van der Waals surface area contributed by atoms with Gasteiger partial charge in [-0.3, -0.25) is 14.6 Å². The molecule has 2 N–H and O–H groups in total. The molecule has 5 nitrogen and oxygen atoms in total. The molecule has 3 aromatic rings. The Morgan fingerprint density at radius 2 is 1.70 bits per heavy atom. The molecule has 0 fully saturated rings. The highest BCUT2D eigenvalue weighted by molar-refractivity contribution is 6.31. The molecule has 0 spiro atoms. The Balaban J connectivity index is 1.80. The summed E-state index contributed by atoms with van der Waals surface area (Å²) in [5.41, 5.74) is 3.04. The number of hydrogen-bond acceptors (Lipinski definition) is 3. The maximum Gasteiger partial charge on any atom is 0.257 e. The molecule has 0 radical (unpaired) electrons. The Hall–Kier alpha value is -2.92. The van der Waals surface area contributed by atoms with Gasteiger partial charge < -0.3 is 10.6 Å². The summed E-state index contributed by atoms with van der Waals surface area (Å²) in [5, 5.41) is 7.07. The van der Waals surface area contributed by atoms with E-state index in [0.717, 1.165) is 10.9 Å². The van der Waals surface area contributed by atoms with Crippen molar-refractivity contribution in [3.05, 3.63) is 70.4 Å². The average Bonchev–Trinajstić information content (AvgIpc) is 2.61. The number of nitrogens with one attached hydrogen (secondary N) is 2. The molecule has 2 aromatic carbocycles. The smallest absolute Gasteiger partial charge is 0.257 e. The lowest BCUT2D eigenvalue weighted by molar-refractivity contribution is 0.0942. The lowest BCUT2D eigenvalue weighted by atomic mass is 10.1. The zero-order valence-corrected chi connectivity index (χ0v) is 16.1. The summed E-state index contributed by atoms with van der Waals surface area (Å²) in [6.45, 7) is 5.60. The van der Waals surface area contributed by atoms with Gasteiger partial charge in [0.2, 0.25) is 0 Å². The highest BCUT2D eigenvalue weighted by atomic mass is 35.5. The molecule has 0 unspecified atom stereocenters. The summed E-state index contributed by atoms with van der Waals surface area (Å²) in [7, 11) is 0. The first-order chi connectivity index (χ1) is 12.8. The van der Waals surface area contributed by atoms with Gasteiger partial charge in [0.1, 0.15) is 0 Å². The zero-order valence-electron chi connectivity index (χ0n) is 15.3. The number of aromatic nitrogens is 1. The van der Waals surface area contributed by atoms with Crippen molar-refractivity contribution in [3.63, 3.8) is 0 Å². The van der Waals surface area contributed by atoms with Crippen molar-refractivity contribution < 1.29 is 9.59 Å². The summed E-state index contributed by atoms with van der Waals surface area (Å²) in [5.74, 6) is -0.407. The third-order valence-corrected chi connectivity index (χ3v) is 4.27. The Morgan fingerprint density at radius 3 is 2.37 bits per heavy atom. The van der Waals surface area contributed by atoms with Crippen LogP contribution >= 0.6 is 11.6 Å². The number of halogens is 1. The van der Waals surface area contributed by atoms with Crippen LogP contribution in [0.25, 0.3) is 10.9 Å². The molecule has 0 bridgehead atoms. The molecule has 0 aliphatic heterocycles. The van der Waals surface area contributed by atoms with Crippen LogP contribution in [0.1, 0.15) is 40.3 Å². The number of pyridine rings is 1. The SMILES string of the molecule is Cc1nc2ccc(Cl)cc2cc1C(=O)Nc1ccc(C(=O)NC(C)C)cc1. The Morgan fingerprint density at radius 1 is 1.00 bits per heavy atom. The van der Waals surface area contributed by atoms with Crippen molar-refractivity contribution in [2.45, 2.75) is 26.8 Å². The van der Waals surface area contributed by atoms with Crippen LogP contribution in [0.3, 0.4) is 0 Å². The number of benzene rings is 2. The molecule has 0 saturated carbocycles. The minimum absolute atomic E-state index is 0.0637. The first-order valence-electron chi connectivity index (χ1n) is 8.62. The van der Waals surface area contributed by atoms with Gasteiger partial charge in [0.05, 0.1) is 16.8 Å². The molecule has 1 aromatic heterocycles. The van der Waals surface area contributed by atoms with Gasteiger partial charge in [0, 0.05) is 27.7 Å². The molecule has 0 atom stereocenters. The molecular weight excluding hydrogens is 362 g/mol. The van der Waals surface area contributed by atoms with Gasteiger partial charge in [-0.05, 0) is 69.3 Å². The van der Waals surface area contributed by atoms with Gasteiger partial charge >= 0.3 is 0 Å². The van der Waals surface area contributed by atoms with E-state index in [1.54, 1.807) is 49.4 Å². The van der Waals surface area contributed by atoms with Gasteiger partial charge in [-0.2, -0.15) is 0 Å². The molecule has 27 heavy (non-hydrogen) atoms. The summed E-state index contributed by atoms with van der Waals surface area (Å²) < 4.78 is 0. The number of aryl methyl sites for hydroxylation is 1. The van der Waals surface area contributed by atoms with E-state index in [2.05, 4.69) is 15.6 Å². The third-order valence-electron chi connectivity index (χ3n) is 4.04. The van der Waals surface area contributed by atoms with E-state index in [1.165, 1.54) is 0 Å². The number of anilines is 1. The first-order valence-corrected chi connectivity index (χ1v) is 9.00. The number of nitrogens with zero attached hydrogens (tertiary/aromatic N) is 1. The molecule has 3 rings (SSSR count). The van der Waals surface area contributed by atoms with Crippen LogP contribution in [-0.4, -0.2) is 22.8 Å². The van der Waals surface area contributed by atoms with Crippen LogP contribution in [0.15, 0.2) is 48.5 Å². The van der Waals surface area contributed by atoms with E-state index >= 15 is 0 Å². The van der Waals surface area contributed by atoms with E-state index in [9.17, 15) is 9.59 Å². The number of fused-ring (bicyclic) bond motifs is 1. The number of carbonyl (C=O) groups excluding carboxylic acids is 2. The molecule has 0 saturated heterocycles. The lowest BCUT2D eigenvalue weighted by Crippen LogP contribution is -2.30. The summed E-state index contributed by atoms with van der Waals surface area (Å²) >= 11 is 6.03. The summed E-state index contributed by atoms with van der Waals surface area (Å²) in [4.78, 5) is 29.1. The van der Waals surface area contributed by atoms with Crippen LogP contribution in [0.5, 0.6) is 0 Å². The van der Waals surface area contributed by atoms with Crippen LogP contribution in [-0.2, 0) is 0 Å². The number of hydrogen-bond donors (Lipinski definition) is 2. The van der Waals surface area contributed by atoms with Gasteiger partial charge in [-0.1, -0.05) is 11.6 Å². The quantitative estimate of drug-likeness (QED) is 0.694. The topological polar surface area (TPSA) is 71.1 Å². The second-order valence-corrected chi connectivity index (χ2v) is 7.05. The van der Waals surface area contributed by atoms with Crippen molar-refractivity contribution in [1.82, 2.24) is 10.3 Å². The second kappa shape index (κ2) is 7.76. The maximum absolute atomic E-state index is 12.7. The van der Waals surface area contributed by atoms with Gasteiger partial charge in [-0.25, -0.2) is 0 Å². The molecular formula is C21H20ClN3O2. The monoisotopic (exact) mass is 381 g/mol. The van der Waals surface area contributed by atoms with Crippen molar-refractivity contribution in [2.75, 3.05) is 5.32 Å². The lowest BCUT2D eigenvalue weighted by Gasteiger charge is -2.11. The fraction of sp³-hybridized carbons (Fsp3) is 0.190. The van der Waals surface area contributed by atoms with Crippen LogP contribution in [0.4, 0.5) is 5.69 Å². The van der Waals surface area contributed by atoms with E-state index in [1.807, 2.05) is 19.9 Å². The van der Waals surface area contributed by atoms with Crippen molar-refractivity contribution in [3.8, 4) is 0 Å². The third kappa shape index (κ3) is 4.44. The predicted molar refractivity (Wildman–Crippen MR) is 108 cm³/mol. The van der Waals surface area contributed by atoms with Crippen LogP contribution < -0.4 is 10.6 Å². The van der Waals surface area contributed by atoms with Crippen LogP contribution in [0, 0.1) is 6.92 Å². The second-order valence-electron chi connectivity index (χ2n) is 6.62. The predicted octanol–water partition coefficient (Wildman–Crippen LogP) is 4.59. The van der Waals surface area contributed by atoms with Crippen molar-refractivity contribution >= 4 is 40.0 Å². The maximum atomic E-state index is 12.7. The van der Waals surface area contributed by atoms with Gasteiger partial charge in [0.25, 0.3) is 11.8 Å². The highest BCUT2D eigenvalue weighted by Gasteiger charge is 2.13. The van der Waals surface area contributed by atoms with Gasteiger partial charge in [-0.15, -0.1) is 0 Å². The van der Waals surface area contributed by atoms with E-state index < -0.39 is 0 Å². The Bertz CT molecular complexity index is 1010. The van der Waals surface area contributed by atoms with E-state index in [0.29, 0.717) is 27.5 Å². The molecule has 1 heterocycles. The van der Waals surface area contributed by atoms with Gasteiger partial charge in [0.15, 0.2) is 0 Å². The van der Waals surface area contributed by atoms with Crippen molar-refractivity contribution in [2.24, 2.45) is 0 Å². The summed E-state index contributed by atoms with van der Waals surface area (Å²) in [6, 6.07) is 14.0. The molecule has 2 amide bonds. The molecule has 0 aliphatic rings. The summed E-state index contributed by atoms with van der Waals surface area (Å²) in [6.07, 6.45) is 0. The van der Waals surface area contributed by atoms with E-state index in [4.69, 9.17) is 11.6 Å². The first kappa shape index (κ1) is 18.9. The van der Waals surface area contributed by atoms with Crippen LogP contribution in [0.2, 0.25) is 5.02 Å². The average molecular weight is 382 g/mol. The Kier molecular flexibility index (Phi) is 5.42. The standard InChI is InChI=1S/C21H20ClN3O2/c1-12(2)23-20(26)14-4-7-17(8-5-14)25-21(27)18-11-15-10-16(22)6-9-19(15)24-13(18)3/h4-12H,1-3H3,(H,23,26)(H,25,27). The highest BCUT2D eigenvalue weighted by Crippen LogP contribution is 2.21. The molecule has 138 valence electrons. The Labute approximate surface area is 162 Å². The largest absolute Gasteiger partial charge is 0.350 e. The number of rotatable bonds is 4. The van der Waals surface area contributed by atoms with E-state index in [-0.39, 0.29) is 17.9 Å². The minimum atomic E-state index is -0.263. The molecule has 6 heteroatoms. The fourth-order valence-electron chi connectivity index (χ4n) is 2.72. The minimum Gasteiger partial charge on any atom is -0.350 e. The van der Waals surface area contributed by atoms with Crippen molar-refractivity contribution in [1.29, 1.82) is 0 Å². The normalized spacial score (nSPS) is 10.9. The molecule has 0 aliphatic carbocycles. The number of carbonyl (C=O) groups is 2.